The molecule has 0 saturated carbocycles. The van der Waals surface area contributed by atoms with Gasteiger partial charge < -0.3 is 9.64 Å². The van der Waals surface area contributed by atoms with Crippen LogP contribution in [-0.2, 0) is 19.2 Å². The maximum atomic E-state index is 13.7. The highest BCUT2D eigenvalue weighted by molar-refractivity contribution is 6.24. The van der Waals surface area contributed by atoms with Crippen molar-refractivity contribution in [2.24, 2.45) is 5.92 Å². The molecule has 8 heteroatoms. The van der Waals surface area contributed by atoms with Crippen LogP contribution in [0, 0.1) is 11.7 Å². The number of ether oxygens (including phenoxy) is 1. The zero-order valence-electron chi connectivity index (χ0n) is 18.9. The third-order valence-electron chi connectivity index (χ3n) is 6.82. The molecule has 2 amide bonds. The van der Waals surface area contributed by atoms with Gasteiger partial charge in [-0.05, 0) is 54.1 Å². The molecule has 3 aromatic rings. The summed E-state index contributed by atoms with van der Waals surface area (Å²) < 4.78 is 19.1. The number of imide groups is 1. The molecule has 0 spiro atoms. The van der Waals surface area contributed by atoms with E-state index in [9.17, 15) is 14.0 Å². The average Bonchev–Trinajstić information content (AvgIpc) is 3.41. The maximum Gasteiger partial charge on any atom is 0.266 e. The minimum Gasteiger partial charge on any atom is -0.378 e. The molecular formula is C27H24FN3O4. The van der Waals surface area contributed by atoms with Crippen LogP contribution in [0.2, 0.25) is 0 Å². The van der Waals surface area contributed by atoms with Gasteiger partial charge in [0.25, 0.3) is 5.91 Å². The Labute approximate surface area is 202 Å². The van der Waals surface area contributed by atoms with Gasteiger partial charge in [0.2, 0.25) is 5.91 Å². The number of hydroxylamine groups is 1. The van der Waals surface area contributed by atoms with Crippen LogP contribution in [0.15, 0.2) is 78.9 Å². The van der Waals surface area contributed by atoms with Crippen molar-refractivity contribution < 1.29 is 23.6 Å². The van der Waals surface area contributed by atoms with Crippen molar-refractivity contribution in [2.75, 3.05) is 41.2 Å². The Kier molecular flexibility index (Phi) is 5.47. The quantitative estimate of drug-likeness (QED) is 0.539. The van der Waals surface area contributed by atoms with E-state index < -0.39 is 24.0 Å². The van der Waals surface area contributed by atoms with E-state index in [1.807, 2.05) is 42.5 Å². The zero-order valence-corrected chi connectivity index (χ0v) is 18.9. The molecule has 3 saturated heterocycles. The van der Waals surface area contributed by atoms with Crippen LogP contribution >= 0.6 is 0 Å². The number of hydrogen-bond donors (Lipinski definition) is 0. The first-order valence-electron chi connectivity index (χ1n) is 11.7. The lowest BCUT2D eigenvalue weighted by atomic mass is 9.90. The summed E-state index contributed by atoms with van der Waals surface area (Å²) in [4.78, 5) is 36.7. The summed E-state index contributed by atoms with van der Waals surface area (Å²) in [7, 11) is 0. The van der Waals surface area contributed by atoms with E-state index in [0.29, 0.717) is 24.5 Å². The number of hydrogen-bond acceptors (Lipinski definition) is 6. The lowest BCUT2D eigenvalue weighted by molar-refractivity contribution is -0.126. The smallest absolute Gasteiger partial charge is 0.266 e. The number of benzene rings is 3. The van der Waals surface area contributed by atoms with Crippen LogP contribution in [0.3, 0.4) is 0 Å². The van der Waals surface area contributed by atoms with Crippen LogP contribution in [0.4, 0.5) is 21.5 Å². The Bertz CT molecular complexity index is 1230. The van der Waals surface area contributed by atoms with Crippen molar-refractivity contribution in [3.05, 3.63) is 90.2 Å². The predicted molar refractivity (Wildman–Crippen MR) is 128 cm³/mol. The van der Waals surface area contributed by atoms with Crippen molar-refractivity contribution >= 4 is 28.9 Å². The van der Waals surface area contributed by atoms with Gasteiger partial charge in [-0.3, -0.25) is 14.4 Å². The molecule has 0 radical (unpaired) electrons. The summed E-state index contributed by atoms with van der Waals surface area (Å²) in [6.45, 7) is 2.95. The Morgan fingerprint density at radius 3 is 2.09 bits per heavy atom. The van der Waals surface area contributed by atoms with E-state index >= 15 is 0 Å². The van der Waals surface area contributed by atoms with Crippen molar-refractivity contribution in [3.8, 4) is 0 Å². The normalized spacial score (nSPS) is 24.3. The van der Waals surface area contributed by atoms with E-state index in [0.717, 1.165) is 24.5 Å². The number of carbonyl (C=O) groups excluding carboxylic acids is 2. The van der Waals surface area contributed by atoms with E-state index in [4.69, 9.17) is 9.57 Å². The lowest BCUT2D eigenvalue weighted by Gasteiger charge is -2.30. The highest BCUT2D eigenvalue weighted by Gasteiger charge is 2.60. The minimum absolute atomic E-state index is 0.327. The summed E-state index contributed by atoms with van der Waals surface area (Å²) in [6, 6.07) is 22.2. The fourth-order valence-corrected chi connectivity index (χ4v) is 5.10. The zero-order chi connectivity index (χ0) is 23.9. The molecular weight excluding hydrogens is 449 g/mol. The number of amides is 2. The Hall–Kier alpha value is -3.75. The molecule has 6 rings (SSSR count). The fourth-order valence-electron chi connectivity index (χ4n) is 5.10. The second-order valence-electron chi connectivity index (χ2n) is 8.84. The summed E-state index contributed by atoms with van der Waals surface area (Å²) in [5.74, 6) is -1.85. The Morgan fingerprint density at radius 2 is 1.40 bits per heavy atom. The van der Waals surface area contributed by atoms with Gasteiger partial charge in [-0.15, -0.1) is 0 Å². The molecule has 0 aromatic heterocycles. The summed E-state index contributed by atoms with van der Waals surface area (Å²) >= 11 is 0. The molecule has 0 bridgehead atoms. The van der Waals surface area contributed by atoms with E-state index in [1.54, 1.807) is 29.3 Å². The number of carbonyl (C=O) groups is 2. The van der Waals surface area contributed by atoms with Crippen LogP contribution in [0.25, 0.3) is 0 Å². The molecule has 3 fully saturated rings. The average molecular weight is 474 g/mol. The third kappa shape index (κ3) is 3.75. The van der Waals surface area contributed by atoms with E-state index in [2.05, 4.69) is 4.90 Å². The molecule has 3 atom stereocenters. The van der Waals surface area contributed by atoms with Gasteiger partial charge in [0.1, 0.15) is 11.7 Å². The molecule has 3 heterocycles. The predicted octanol–water partition coefficient (Wildman–Crippen LogP) is 3.71. The SMILES string of the molecule is O=C1[C@@H]2[C@@H](c3ccc(F)cc3)N(c3ccccc3)O[C@H]2C(=O)N1c1ccc(N2CCOCC2)cc1. The number of anilines is 3. The fraction of sp³-hybridized carbons (Fsp3) is 0.259. The summed E-state index contributed by atoms with van der Waals surface area (Å²) in [6.07, 6.45) is -0.961. The number of halogens is 1. The largest absolute Gasteiger partial charge is 0.378 e. The monoisotopic (exact) mass is 473 g/mol. The molecule has 178 valence electrons. The van der Waals surface area contributed by atoms with Crippen LogP contribution in [-0.4, -0.2) is 44.2 Å². The van der Waals surface area contributed by atoms with Crippen molar-refractivity contribution in [1.29, 1.82) is 0 Å². The van der Waals surface area contributed by atoms with Crippen molar-refractivity contribution in [3.63, 3.8) is 0 Å². The molecule has 3 aliphatic heterocycles. The number of nitrogens with zero attached hydrogens (tertiary/aromatic N) is 3. The van der Waals surface area contributed by atoms with Gasteiger partial charge in [-0.2, -0.15) is 0 Å². The van der Waals surface area contributed by atoms with Gasteiger partial charge >= 0.3 is 0 Å². The molecule has 3 aromatic carbocycles. The third-order valence-corrected chi connectivity index (χ3v) is 6.82. The molecule has 35 heavy (non-hydrogen) atoms. The van der Waals surface area contributed by atoms with Crippen LogP contribution in [0.1, 0.15) is 11.6 Å². The first kappa shape index (κ1) is 21.8. The highest BCUT2D eigenvalue weighted by Crippen LogP contribution is 2.47. The van der Waals surface area contributed by atoms with Gasteiger partial charge in [0.15, 0.2) is 6.10 Å². The maximum absolute atomic E-state index is 13.7. The lowest BCUT2D eigenvalue weighted by Crippen LogP contribution is -2.38. The summed E-state index contributed by atoms with van der Waals surface area (Å²) in [5, 5.41) is 1.61. The van der Waals surface area contributed by atoms with Crippen molar-refractivity contribution in [1.82, 2.24) is 0 Å². The van der Waals surface area contributed by atoms with Crippen molar-refractivity contribution in [2.45, 2.75) is 12.1 Å². The standard InChI is InChI=1S/C27H24FN3O4/c28-19-8-6-18(7-9-19)24-23-25(35-31(24)22-4-2-1-3-5-22)27(33)30(26(23)32)21-12-10-20(11-13-21)29-14-16-34-17-15-29/h1-13,23-25H,14-17H2/t23-,24-,25-/m1/s1. The van der Waals surface area contributed by atoms with Gasteiger partial charge in [0, 0.05) is 18.8 Å². The number of rotatable bonds is 4. The van der Waals surface area contributed by atoms with Gasteiger partial charge in [0.05, 0.1) is 30.6 Å². The Balaban J connectivity index is 1.33. The second-order valence-corrected chi connectivity index (χ2v) is 8.84. The van der Waals surface area contributed by atoms with Crippen LogP contribution < -0.4 is 14.9 Å². The first-order chi connectivity index (χ1) is 17.1. The topological polar surface area (TPSA) is 62.3 Å². The molecule has 7 nitrogen and oxygen atoms in total. The molecule has 0 N–H and O–H groups in total. The minimum atomic E-state index is -0.961. The molecule has 3 aliphatic rings. The van der Waals surface area contributed by atoms with Gasteiger partial charge in [-0.1, -0.05) is 30.3 Å². The second kappa shape index (κ2) is 8.79. The van der Waals surface area contributed by atoms with E-state index in [-0.39, 0.29) is 11.7 Å². The van der Waals surface area contributed by atoms with Crippen LogP contribution in [0.5, 0.6) is 0 Å². The first-order valence-corrected chi connectivity index (χ1v) is 11.7. The molecule has 0 unspecified atom stereocenters. The Morgan fingerprint density at radius 1 is 0.743 bits per heavy atom. The number of fused-ring (bicyclic) bond motifs is 1. The number of para-hydroxylation sites is 1. The highest BCUT2D eigenvalue weighted by atomic mass is 19.1. The summed E-state index contributed by atoms with van der Waals surface area (Å²) in [5.41, 5.74) is 2.96. The van der Waals surface area contributed by atoms with Gasteiger partial charge in [-0.25, -0.2) is 14.4 Å². The van der Waals surface area contributed by atoms with E-state index in [1.165, 1.54) is 17.0 Å². The number of morpholine rings is 1. The molecule has 0 aliphatic carbocycles.